The molecule has 0 aromatic carbocycles. The molecule has 10 heavy (non-hydrogen) atoms. The van der Waals surface area contributed by atoms with Crippen molar-refractivity contribution in [1.29, 1.82) is 0 Å². The smallest absolute Gasteiger partial charge is 0.0734 e. The zero-order chi connectivity index (χ0) is 8.15. The predicted molar refractivity (Wildman–Crippen MR) is 43.7 cm³/mol. The second-order valence-corrected chi connectivity index (χ2v) is 3.32. The summed E-state index contributed by atoms with van der Waals surface area (Å²) in [6.07, 6.45) is 0.265. The maximum Gasteiger partial charge on any atom is 0.0734 e. The zero-order valence-electron chi connectivity index (χ0n) is 7.64. The van der Waals surface area contributed by atoms with Crippen molar-refractivity contribution >= 4 is 0 Å². The van der Waals surface area contributed by atoms with Crippen molar-refractivity contribution in [2.45, 2.75) is 46.8 Å². The van der Waals surface area contributed by atoms with E-state index in [1.165, 1.54) is 0 Å². The molecular weight excluding hydrogens is 126 g/mol. The fourth-order valence-corrected chi connectivity index (χ4v) is 0.379. The Hall–Kier alpha value is -0.0800. The maximum atomic E-state index is 5.21. The first-order chi connectivity index (χ1) is 4.54. The molecule has 0 aliphatic rings. The minimum absolute atomic E-state index is 0.265. The van der Waals surface area contributed by atoms with Crippen molar-refractivity contribution in [1.82, 2.24) is 5.48 Å². The Balaban J connectivity index is 3.30. The number of hydroxylamine groups is 1. The molecule has 0 radical (unpaired) electrons. The van der Waals surface area contributed by atoms with E-state index in [9.17, 15) is 0 Å². The molecule has 0 heterocycles. The van der Waals surface area contributed by atoms with Crippen molar-refractivity contribution in [3.8, 4) is 0 Å². The fraction of sp³-hybridized carbons (Fsp3) is 1.00. The first-order valence-corrected chi connectivity index (χ1v) is 3.95. The molecule has 0 fully saturated rings. The van der Waals surface area contributed by atoms with Gasteiger partial charge in [-0.2, -0.15) is 5.48 Å². The topological polar surface area (TPSA) is 21.3 Å². The Morgan fingerprint density at radius 1 is 1.00 bits per heavy atom. The maximum absolute atomic E-state index is 5.21. The standard InChI is InChI=1S/C8H19NO/c1-6(2)8(5)9-10-7(3)4/h6-9H,1-5H3. The van der Waals surface area contributed by atoms with Crippen molar-refractivity contribution in [2.24, 2.45) is 5.92 Å². The van der Waals surface area contributed by atoms with Crippen LogP contribution in [0.5, 0.6) is 0 Å². The summed E-state index contributed by atoms with van der Waals surface area (Å²) in [5.41, 5.74) is 2.98. The summed E-state index contributed by atoms with van der Waals surface area (Å²) < 4.78 is 0. The van der Waals surface area contributed by atoms with Crippen molar-refractivity contribution < 1.29 is 4.84 Å². The van der Waals surface area contributed by atoms with Crippen LogP contribution in [0, 0.1) is 5.92 Å². The number of nitrogens with one attached hydrogen (secondary N) is 1. The van der Waals surface area contributed by atoms with Crippen LogP contribution in [0.1, 0.15) is 34.6 Å². The third kappa shape index (κ3) is 4.77. The van der Waals surface area contributed by atoms with Crippen LogP contribution in [0.25, 0.3) is 0 Å². The summed E-state index contributed by atoms with van der Waals surface area (Å²) in [7, 11) is 0. The average molecular weight is 145 g/mol. The minimum atomic E-state index is 0.265. The van der Waals surface area contributed by atoms with E-state index in [1.807, 2.05) is 13.8 Å². The first-order valence-electron chi connectivity index (χ1n) is 3.95. The van der Waals surface area contributed by atoms with E-state index >= 15 is 0 Å². The molecule has 62 valence electrons. The Labute approximate surface area is 63.9 Å². The summed E-state index contributed by atoms with van der Waals surface area (Å²) >= 11 is 0. The number of hydrogen-bond acceptors (Lipinski definition) is 2. The molecule has 0 aromatic rings. The molecular formula is C8H19NO. The number of rotatable bonds is 4. The average Bonchev–Trinajstić information content (AvgIpc) is 1.82. The van der Waals surface area contributed by atoms with Gasteiger partial charge in [0.25, 0.3) is 0 Å². The number of hydrogen-bond donors (Lipinski definition) is 1. The van der Waals surface area contributed by atoms with Gasteiger partial charge in [-0.25, -0.2) is 0 Å². The van der Waals surface area contributed by atoms with Gasteiger partial charge >= 0.3 is 0 Å². The van der Waals surface area contributed by atoms with E-state index < -0.39 is 0 Å². The van der Waals surface area contributed by atoms with Crippen LogP contribution in [0.15, 0.2) is 0 Å². The molecule has 0 rings (SSSR count). The Bertz CT molecular complexity index is 81.3. The van der Waals surface area contributed by atoms with Gasteiger partial charge in [-0.15, -0.1) is 0 Å². The van der Waals surface area contributed by atoms with Gasteiger partial charge in [0.2, 0.25) is 0 Å². The van der Waals surface area contributed by atoms with Gasteiger partial charge in [-0.1, -0.05) is 13.8 Å². The van der Waals surface area contributed by atoms with Crippen LogP contribution in [-0.4, -0.2) is 12.1 Å². The van der Waals surface area contributed by atoms with Gasteiger partial charge in [0, 0.05) is 6.04 Å². The highest BCUT2D eigenvalue weighted by Gasteiger charge is 2.06. The SMILES string of the molecule is CC(C)ONC(C)C(C)C. The van der Waals surface area contributed by atoms with Crippen LogP contribution < -0.4 is 5.48 Å². The lowest BCUT2D eigenvalue weighted by Gasteiger charge is -2.18. The molecule has 1 atom stereocenters. The lowest BCUT2D eigenvalue weighted by Crippen LogP contribution is -2.32. The van der Waals surface area contributed by atoms with E-state index in [4.69, 9.17) is 4.84 Å². The van der Waals surface area contributed by atoms with E-state index in [0.29, 0.717) is 12.0 Å². The Morgan fingerprint density at radius 3 is 1.80 bits per heavy atom. The highest BCUT2D eigenvalue weighted by molar-refractivity contribution is 4.58. The molecule has 0 amide bonds. The fourth-order valence-electron chi connectivity index (χ4n) is 0.379. The molecule has 0 aromatic heterocycles. The first kappa shape index (κ1) is 9.92. The third-order valence-corrected chi connectivity index (χ3v) is 1.49. The summed E-state index contributed by atoms with van der Waals surface area (Å²) in [6.45, 7) is 10.5. The molecule has 0 aliphatic heterocycles. The van der Waals surface area contributed by atoms with Crippen molar-refractivity contribution in [2.75, 3.05) is 0 Å². The van der Waals surface area contributed by atoms with Gasteiger partial charge in [0.05, 0.1) is 6.10 Å². The van der Waals surface area contributed by atoms with E-state index in [1.54, 1.807) is 0 Å². The zero-order valence-corrected chi connectivity index (χ0v) is 7.64. The van der Waals surface area contributed by atoms with E-state index in [2.05, 4.69) is 26.3 Å². The molecule has 0 bridgehead atoms. The van der Waals surface area contributed by atoms with Gasteiger partial charge in [-0.05, 0) is 26.7 Å². The van der Waals surface area contributed by atoms with Gasteiger partial charge in [0.1, 0.15) is 0 Å². The van der Waals surface area contributed by atoms with E-state index in [-0.39, 0.29) is 6.10 Å². The predicted octanol–water partition coefficient (Wildman–Crippen LogP) is 1.96. The Morgan fingerprint density at radius 2 is 1.50 bits per heavy atom. The van der Waals surface area contributed by atoms with Crippen molar-refractivity contribution in [3.63, 3.8) is 0 Å². The summed E-state index contributed by atoms with van der Waals surface area (Å²) in [4.78, 5) is 5.21. The van der Waals surface area contributed by atoms with Crippen LogP contribution in [0.3, 0.4) is 0 Å². The second-order valence-electron chi connectivity index (χ2n) is 3.32. The third-order valence-electron chi connectivity index (χ3n) is 1.49. The molecule has 2 heteroatoms. The lowest BCUT2D eigenvalue weighted by atomic mass is 10.1. The molecule has 0 saturated heterocycles. The summed E-state index contributed by atoms with van der Waals surface area (Å²) in [6, 6.07) is 0.433. The second kappa shape index (κ2) is 4.69. The minimum Gasteiger partial charge on any atom is -0.299 e. The van der Waals surface area contributed by atoms with Crippen LogP contribution in [-0.2, 0) is 4.84 Å². The molecule has 1 N–H and O–H groups in total. The molecule has 2 nitrogen and oxygen atoms in total. The molecule has 0 saturated carbocycles. The van der Waals surface area contributed by atoms with Crippen LogP contribution in [0.4, 0.5) is 0 Å². The van der Waals surface area contributed by atoms with Gasteiger partial charge in [0.15, 0.2) is 0 Å². The highest BCUT2D eigenvalue weighted by atomic mass is 16.7. The lowest BCUT2D eigenvalue weighted by molar-refractivity contribution is -0.0307. The van der Waals surface area contributed by atoms with Crippen molar-refractivity contribution in [3.05, 3.63) is 0 Å². The van der Waals surface area contributed by atoms with Gasteiger partial charge in [-0.3, -0.25) is 4.84 Å². The molecule has 0 aliphatic carbocycles. The van der Waals surface area contributed by atoms with E-state index in [0.717, 1.165) is 0 Å². The highest BCUT2D eigenvalue weighted by Crippen LogP contribution is 1.99. The van der Waals surface area contributed by atoms with Crippen LogP contribution in [0.2, 0.25) is 0 Å². The normalized spacial score (nSPS) is 14.7. The largest absolute Gasteiger partial charge is 0.299 e. The quantitative estimate of drug-likeness (QED) is 0.611. The molecule has 1 unspecified atom stereocenters. The monoisotopic (exact) mass is 145 g/mol. The summed E-state index contributed by atoms with van der Waals surface area (Å²) in [5, 5.41) is 0. The molecule has 0 spiro atoms. The summed E-state index contributed by atoms with van der Waals surface area (Å²) in [5.74, 6) is 0.624. The van der Waals surface area contributed by atoms with Crippen LogP contribution >= 0.6 is 0 Å². The van der Waals surface area contributed by atoms with Gasteiger partial charge < -0.3 is 0 Å². The Kier molecular flexibility index (Phi) is 4.65.